The molecule has 0 atom stereocenters. The third kappa shape index (κ3) is 6.74. The molecule has 0 bridgehead atoms. The summed E-state index contributed by atoms with van der Waals surface area (Å²) in [7, 11) is 0. The summed E-state index contributed by atoms with van der Waals surface area (Å²) in [6.07, 6.45) is 1.88. The smallest absolute Gasteiger partial charge is 0.343 e. The van der Waals surface area contributed by atoms with Crippen molar-refractivity contribution in [1.29, 1.82) is 0 Å². The third-order valence-corrected chi connectivity index (χ3v) is 2.42. The van der Waals surface area contributed by atoms with Gasteiger partial charge in [-0.1, -0.05) is 18.2 Å². The predicted octanol–water partition coefficient (Wildman–Crippen LogP) is 3.05. The van der Waals surface area contributed by atoms with Crippen molar-refractivity contribution in [2.45, 2.75) is 13.1 Å². The number of anilines is 1. The van der Waals surface area contributed by atoms with Gasteiger partial charge in [0, 0.05) is 17.3 Å². The van der Waals surface area contributed by atoms with Gasteiger partial charge in [-0.15, -0.1) is 0 Å². The molecule has 0 radical (unpaired) electrons. The highest BCUT2D eigenvalue weighted by atomic mass is 19.4. The summed E-state index contributed by atoms with van der Waals surface area (Å²) in [6, 6.07) is 5.53. The lowest BCUT2D eigenvalue weighted by Gasteiger charge is -2.09. The maximum Gasteiger partial charge on any atom is 0.405 e. The van der Waals surface area contributed by atoms with Crippen molar-refractivity contribution >= 4 is 17.5 Å². The summed E-state index contributed by atoms with van der Waals surface area (Å²) < 4.78 is 36.0. The van der Waals surface area contributed by atoms with Crippen LogP contribution in [0.2, 0.25) is 0 Å². The maximum atomic E-state index is 12.0. The minimum Gasteiger partial charge on any atom is -0.343 e. The van der Waals surface area contributed by atoms with E-state index in [-0.39, 0.29) is 11.5 Å². The SMILES string of the molecule is C/C=C/C=C/C(=O)Nc1ccc(C(=O)NCC(F)(F)F)cc1. The Balaban J connectivity index is 2.59. The molecule has 0 spiro atoms. The van der Waals surface area contributed by atoms with Crippen LogP contribution < -0.4 is 10.6 Å². The third-order valence-electron chi connectivity index (χ3n) is 2.42. The van der Waals surface area contributed by atoms with Crippen molar-refractivity contribution < 1.29 is 22.8 Å². The Morgan fingerprint density at radius 2 is 1.77 bits per heavy atom. The van der Waals surface area contributed by atoms with E-state index in [0.29, 0.717) is 5.69 Å². The highest BCUT2D eigenvalue weighted by Crippen LogP contribution is 2.13. The zero-order valence-electron chi connectivity index (χ0n) is 11.8. The molecule has 4 nitrogen and oxygen atoms in total. The topological polar surface area (TPSA) is 58.2 Å². The van der Waals surface area contributed by atoms with Gasteiger partial charge in [-0.2, -0.15) is 13.2 Å². The van der Waals surface area contributed by atoms with Crippen LogP contribution in [0, 0.1) is 0 Å². The van der Waals surface area contributed by atoms with Crippen molar-refractivity contribution in [3.05, 3.63) is 54.1 Å². The average Bonchev–Trinajstić information content (AvgIpc) is 2.45. The van der Waals surface area contributed by atoms with Gasteiger partial charge in [-0.3, -0.25) is 9.59 Å². The van der Waals surface area contributed by atoms with Gasteiger partial charge in [-0.05, 0) is 31.2 Å². The Morgan fingerprint density at radius 1 is 1.14 bits per heavy atom. The minimum atomic E-state index is -4.46. The van der Waals surface area contributed by atoms with Crippen molar-refractivity contribution in [3.8, 4) is 0 Å². The molecule has 0 aliphatic rings. The van der Waals surface area contributed by atoms with E-state index in [9.17, 15) is 22.8 Å². The number of rotatable bonds is 5. The van der Waals surface area contributed by atoms with Crippen LogP contribution in [0.3, 0.4) is 0 Å². The molecule has 2 N–H and O–H groups in total. The normalized spacial score (nSPS) is 11.8. The van der Waals surface area contributed by atoms with Gasteiger partial charge in [-0.25, -0.2) is 0 Å². The van der Waals surface area contributed by atoms with Crippen molar-refractivity contribution in [1.82, 2.24) is 5.32 Å². The summed E-state index contributed by atoms with van der Waals surface area (Å²) in [5.74, 6) is -1.18. The summed E-state index contributed by atoms with van der Waals surface area (Å²) in [5.41, 5.74) is 0.509. The summed E-state index contributed by atoms with van der Waals surface area (Å²) in [4.78, 5) is 23.0. The molecule has 1 aromatic carbocycles. The second kappa shape index (κ2) is 8.02. The van der Waals surface area contributed by atoms with E-state index in [1.54, 1.807) is 23.5 Å². The molecule has 0 aliphatic heterocycles. The number of allylic oxidation sites excluding steroid dienone is 3. The number of hydrogen-bond donors (Lipinski definition) is 2. The number of nitrogens with one attached hydrogen (secondary N) is 2. The van der Waals surface area contributed by atoms with Gasteiger partial charge in [0.2, 0.25) is 5.91 Å². The van der Waals surface area contributed by atoms with Crippen LogP contribution in [-0.2, 0) is 4.79 Å². The average molecular weight is 312 g/mol. The molecule has 1 aromatic rings. The number of hydrogen-bond acceptors (Lipinski definition) is 2. The number of alkyl halides is 3. The van der Waals surface area contributed by atoms with E-state index >= 15 is 0 Å². The lowest BCUT2D eigenvalue weighted by Crippen LogP contribution is -2.33. The van der Waals surface area contributed by atoms with Crippen LogP contribution in [-0.4, -0.2) is 24.5 Å². The fraction of sp³-hybridized carbons (Fsp3) is 0.200. The van der Waals surface area contributed by atoms with Crippen LogP contribution in [0.25, 0.3) is 0 Å². The molecular formula is C15H15F3N2O2. The monoisotopic (exact) mass is 312 g/mol. The Labute approximate surface area is 125 Å². The maximum absolute atomic E-state index is 12.0. The molecule has 1 rings (SSSR count). The molecule has 2 amide bonds. The van der Waals surface area contributed by atoms with E-state index in [0.717, 1.165) is 0 Å². The second-order valence-electron chi connectivity index (χ2n) is 4.25. The van der Waals surface area contributed by atoms with Gasteiger partial charge >= 0.3 is 6.18 Å². The molecule has 0 unspecified atom stereocenters. The van der Waals surface area contributed by atoms with Gasteiger partial charge < -0.3 is 10.6 Å². The van der Waals surface area contributed by atoms with Crippen LogP contribution in [0.15, 0.2) is 48.6 Å². The minimum absolute atomic E-state index is 0.0757. The first-order valence-electron chi connectivity index (χ1n) is 6.37. The fourth-order valence-corrected chi connectivity index (χ4v) is 1.43. The Hall–Kier alpha value is -2.57. The zero-order valence-corrected chi connectivity index (χ0v) is 11.8. The Morgan fingerprint density at radius 3 is 2.32 bits per heavy atom. The molecule has 22 heavy (non-hydrogen) atoms. The lowest BCUT2D eigenvalue weighted by molar-refractivity contribution is -0.123. The molecule has 0 heterocycles. The number of halogens is 3. The standard InChI is InChI=1S/C15H15F3N2O2/c1-2-3-4-5-13(21)20-12-8-6-11(7-9-12)14(22)19-10-15(16,17)18/h2-9H,10H2,1H3,(H,19,22)(H,20,21)/b3-2+,5-4+. The molecular weight excluding hydrogens is 297 g/mol. The van der Waals surface area contributed by atoms with Crippen molar-refractivity contribution in [2.24, 2.45) is 0 Å². The number of carbonyl (C=O) groups is 2. The van der Waals surface area contributed by atoms with Crippen LogP contribution in [0.5, 0.6) is 0 Å². The molecule has 0 aromatic heterocycles. The molecule has 0 aliphatic carbocycles. The molecule has 0 fully saturated rings. The molecule has 118 valence electrons. The van der Waals surface area contributed by atoms with E-state index < -0.39 is 18.6 Å². The first-order chi connectivity index (χ1) is 10.3. The van der Waals surface area contributed by atoms with Crippen molar-refractivity contribution in [3.63, 3.8) is 0 Å². The van der Waals surface area contributed by atoms with E-state index in [2.05, 4.69) is 5.32 Å². The molecule has 0 saturated carbocycles. The predicted molar refractivity (Wildman–Crippen MR) is 77.4 cm³/mol. The van der Waals surface area contributed by atoms with Crippen molar-refractivity contribution in [2.75, 3.05) is 11.9 Å². The quantitative estimate of drug-likeness (QED) is 0.648. The van der Waals surface area contributed by atoms with E-state index in [1.165, 1.54) is 30.3 Å². The highest BCUT2D eigenvalue weighted by Gasteiger charge is 2.27. The van der Waals surface area contributed by atoms with Crippen LogP contribution in [0.1, 0.15) is 17.3 Å². The van der Waals surface area contributed by atoms with E-state index in [4.69, 9.17) is 0 Å². The molecule has 7 heteroatoms. The first-order valence-corrected chi connectivity index (χ1v) is 6.37. The van der Waals surface area contributed by atoms with Gasteiger partial charge in [0.25, 0.3) is 5.91 Å². The lowest BCUT2D eigenvalue weighted by atomic mass is 10.2. The zero-order chi connectivity index (χ0) is 16.6. The van der Waals surface area contributed by atoms with Crippen LogP contribution in [0.4, 0.5) is 18.9 Å². The largest absolute Gasteiger partial charge is 0.405 e. The Bertz CT molecular complexity index is 575. The number of benzene rings is 1. The highest BCUT2D eigenvalue weighted by molar-refractivity contribution is 6.00. The van der Waals surface area contributed by atoms with E-state index in [1.807, 2.05) is 6.92 Å². The summed E-state index contributed by atoms with van der Waals surface area (Å²) >= 11 is 0. The summed E-state index contributed by atoms with van der Waals surface area (Å²) in [5, 5.41) is 4.32. The molecule has 0 saturated heterocycles. The van der Waals surface area contributed by atoms with Gasteiger partial charge in [0.1, 0.15) is 6.54 Å². The summed E-state index contributed by atoms with van der Waals surface area (Å²) in [6.45, 7) is 0.421. The first kappa shape index (κ1) is 17.5. The van der Waals surface area contributed by atoms with Gasteiger partial charge in [0.15, 0.2) is 0 Å². The van der Waals surface area contributed by atoms with Gasteiger partial charge in [0.05, 0.1) is 0 Å². The fourth-order valence-electron chi connectivity index (χ4n) is 1.43. The van der Waals surface area contributed by atoms with Crippen LogP contribution >= 0.6 is 0 Å². The number of amides is 2. The second-order valence-corrected chi connectivity index (χ2v) is 4.25. The number of carbonyl (C=O) groups excluding carboxylic acids is 2. The Kier molecular flexibility index (Phi) is 6.37.